The van der Waals surface area contributed by atoms with Crippen molar-refractivity contribution in [3.05, 3.63) is 89.4 Å². The fourth-order valence-corrected chi connectivity index (χ4v) is 3.59. The van der Waals surface area contributed by atoms with Crippen LogP contribution < -0.4 is 15.5 Å². The molecule has 1 aliphatic rings. The van der Waals surface area contributed by atoms with Gasteiger partial charge in [-0.25, -0.2) is 4.79 Å². The third-order valence-electron chi connectivity index (χ3n) is 5.10. The lowest BCUT2D eigenvalue weighted by Crippen LogP contribution is -2.38. The molecule has 0 bridgehead atoms. The van der Waals surface area contributed by atoms with Gasteiger partial charge in [0.05, 0.1) is 12.8 Å². The minimum atomic E-state index is -0.183. The van der Waals surface area contributed by atoms with Gasteiger partial charge in [-0.3, -0.25) is 9.69 Å². The zero-order valence-corrected chi connectivity index (χ0v) is 16.2. The molecule has 2 N–H and O–H groups in total. The molecule has 0 aliphatic carbocycles. The summed E-state index contributed by atoms with van der Waals surface area (Å²) in [6.45, 7) is 3.47. The summed E-state index contributed by atoms with van der Waals surface area (Å²) in [6, 6.07) is 18.7. The van der Waals surface area contributed by atoms with Crippen molar-refractivity contribution in [1.82, 2.24) is 10.6 Å². The molecule has 1 unspecified atom stereocenters. The quantitative estimate of drug-likeness (QED) is 0.691. The Morgan fingerprint density at radius 2 is 1.90 bits per heavy atom. The van der Waals surface area contributed by atoms with Crippen LogP contribution in [0.2, 0.25) is 0 Å². The lowest BCUT2D eigenvalue weighted by atomic mass is 10.0. The molecule has 6 heteroatoms. The summed E-state index contributed by atoms with van der Waals surface area (Å²) < 4.78 is 5.22. The number of benzene rings is 2. The molecule has 2 aromatic carbocycles. The zero-order valence-electron chi connectivity index (χ0n) is 16.2. The maximum atomic E-state index is 12.7. The normalized spacial score (nSPS) is 15.1. The average Bonchev–Trinajstić information content (AvgIpc) is 3.39. The standard InChI is InChI=1S/C23H23N3O3/c1-16-15-26(21-10-3-2-9-20(16)21)23(28)25-13-17-6-4-7-18(12-17)22(27)24-14-19-8-5-11-29-19/h2-12,16H,13-15H2,1H3,(H,24,27)(H,25,28). The van der Waals surface area contributed by atoms with Crippen molar-refractivity contribution >= 4 is 17.6 Å². The molecule has 0 fully saturated rings. The van der Waals surface area contributed by atoms with Crippen LogP contribution in [-0.2, 0) is 13.1 Å². The number of nitrogens with zero attached hydrogens (tertiary/aromatic N) is 1. The van der Waals surface area contributed by atoms with E-state index in [-0.39, 0.29) is 11.9 Å². The van der Waals surface area contributed by atoms with Crippen molar-refractivity contribution in [1.29, 1.82) is 0 Å². The van der Waals surface area contributed by atoms with E-state index in [1.165, 1.54) is 5.56 Å². The van der Waals surface area contributed by atoms with Gasteiger partial charge in [0.2, 0.25) is 0 Å². The van der Waals surface area contributed by atoms with Crippen molar-refractivity contribution in [3.8, 4) is 0 Å². The van der Waals surface area contributed by atoms with E-state index in [9.17, 15) is 9.59 Å². The summed E-state index contributed by atoms with van der Waals surface area (Å²) in [7, 11) is 0. The molecule has 0 radical (unpaired) electrons. The predicted molar refractivity (Wildman–Crippen MR) is 111 cm³/mol. The van der Waals surface area contributed by atoms with Crippen LogP contribution in [0, 0.1) is 0 Å². The molecule has 0 spiro atoms. The highest BCUT2D eigenvalue weighted by molar-refractivity contribution is 5.95. The van der Waals surface area contributed by atoms with Crippen LogP contribution in [0.15, 0.2) is 71.3 Å². The highest BCUT2D eigenvalue weighted by Crippen LogP contribution is 2.35. The number of nitrogens with one attached hydrogen (secondary N) is 2. The Kier molecular flexibility index (Phi) is 5.33. The fraction of sp³-hybridized carbons (Fsp3) is 0.217. The van der Waals surface area contributed by atoms with Crippen molar-refractivity contribution in [3.63, 3.8) is 0 Å². The Morgan fingerprint density at radius 1 is 1.03 bits per heavy atom. The number of furan rings is 1. The van der Waals surface area contributed by atoms with E-state index in [4.69, 9.17) is 4.42 Å². The average molecular weight is 389 g/mol. The van der Waals surface area contributed by atoms with Gasteiger partial charge >= 0.3 is 6.03 Å². The van der Waals surface area contributed by atoms with Gasteiger partial charge in [-0.1, -0.05) is 37.3 Å². The minimum Gasteiger partial charge on any atom is -0.467 e. The summed E-state index contributed by atoms with van der Waals surface area (Å²) in [5, 5.41) is 5.79. The van der Waals surface area contributed by atoms with E-state index in [1.807, 2.05) is 36.4 Å². The van der Waals surface area contributed by atoms with Crippen molar-refractivity contribution in [2.24, 2.45) is 0 Å². The summed E-state index contributed by atoms with van der Waals surface area (Å²) in [4.78, 5) is 26.8. The second-order valence-electron chi connectivity index (χ2n) is 7.19. The molecule has 0 saturated carbocycles. The molecule has 4 rings (SSSR count). The number of hydrogen-bond acceptors (Lipinski definition) is 3. The second kappa shape index (κ2) is 8.22. The first kappa shape index (κ1) is 18.8. The van der Waals surface area contributed by atoms with Gasteiger partial charge in [0.25, 0.3) is 5.91 Å². The van der Waals surface area contributed by atoms with Crippen LogP contribution in [0.3, 0.4) is 0 Å². The highest BCUT2D eigenvalue weighted by atomic mass is 16.3. The number of fused-ring (bicyclic) bond motifs is 1. The van der Waals surface area contributed by atoms with Gasteiger partial charge in [-0.2, -0.15) is 0 Å². The minimum absolute atomic E-state index is 0.130. The number of hydrogen-bond donors (Lipinski definition) is 2. The molecule has 3 amide bonds. The van der Waals surface area contributed by atoms with Crippen LogP contribution in [-0.4, -0.2) is 18.5 Å². The number of para-hydroxylation sites is 1. The number of rotatable bonds is 5. The van der Waals surface area contributed by atoms with E-state index in [0.29, 0.717) is 36.9 Å². The first-order valence-corrected chi connectivity index (χ1v) is 9.65. The molecule has 6 nitrogen and oxygen atoms in total. The van der Waals surface area contributed by atoms with E-state index in [2.05, 4.69) is 23.6 Å². The van der Waals surface area contributed by atoms with Crippen LogP contribution >= 0.6 is 0 Å². The number of carbonyl (C=O) groups excluding carboxylic acids is 2. The number of amides is 3. The van der Waals surface area contributed by atoms with Gasteiger partial charge in [-0.05, 0) is 41.5 Å². The van der Waals surface area contributed by atoms with Gasteiger partial charge in [0.1, 0.15) is 5.76 Å². The SMILES string of the molecule is CC1CN(C(=O)NCc2cccc(C(=O)NCc3ccco3)c2)c2ccccc21. The zero-order chi connectivity index (χ0) is 20.2. The smallest absolute Gasteiger partial charge is 0.322 e. The molecule has 1 aromatic heterocycles. The maximum absolute atomic E-state index is 12.7. The third-order valence-corrected chi connectivity index (χ3v) is 5.10. The van der Waals surface area contributed by atoms with E-state index in [0.717, 1.165) is 11.3 Å². The molecule has 148 valence electrons. The topological polar surface area (TPSA) is 74.6 Å². The summed E-state index contributed by atoms with van der Waals surface area (Å²) in [6.07, 6.45) is 1.57. The molecular weight excluding hydrogens is 366 g/mol. The molecular formula is C23H23N3O3. The molecule has 3 aromatic rings. The second-order valence-corrected chi connectivity index (χ2v) is 7.19. The van der Waals surface area contributed by atoms with Crippen LogP contribution in [0.4, 0.5) is 10.5 Å². The first-order valence-electron chi connectivity index (χ1n) is 9.65. The van der Waals surface area contributed by atoms with Crippen LogP contribution in [0.1, 0.15) is 40.1 Å². The van der Waals surface area contributed by atoms with Crippen LogP contribution in [0.5, 0.6) is 0 Å². The molecule has 0 saturated heterocycles. The van der Waals surface area contributed by atoms with Crippen LogP contribution in [0.25, 0.3) is 0 Å². The highest BCUT2D eigenvalue weighted by Gasteiger charge is 2.29. The Hall–Kier alpha value is -3.54. The number of carbonyl (C=O) groups is 2. The number of urea groups is 1. The summed E-state index contributed by atoms with van der Waals surface area (Å²) >= 11 is 0. The number of anilines is 1. The van der Waals surface area contributed by atoms with Crippen molar-refractivity contribution in [2.75, 3.05) is 11.4 Å². The van der Waals surface area contributed by atoms with Gasteiger partial charge in [0, 0.05) is 30.3 Å². The van der Waals surface area contributed by atoms with Crippen molar-refractivity contribution in [2.45, 2.75) is 25.9 Å². The Bertz CT molecular complexity index is 1010. The third kappa shape index (κ3) is 4.16. The Morgan fingerprint density at radius 3 is 2.72 bits per heavy atom. The first-order chi connectivity index (χ1) is 14.1. The molecule has 1 aliphatic heterocycles. The van der Waals surface area contributed by atoms with E-state index in [1.54, 1.807) is 29.4 Å². The fourth-order valence-electron chi connectivity index (χ4n) is 3.59. The molecule has 1 atom stereocenters. The molecule has 2 heterocycles. The predicted octanol–water partition coefficient (Wildman–Crippen LogP) is 4.04. The van der Waals surface area contributed by atoms with E-state index < -0.39 is 0 Å². The van der Waals surface area contributed by atoms with Crippen molar-refractivity contribution < 1.29 is 14.0 Å². The van der Waals surface area contributed by atoms with E-state index >= 15 is 0 Å². The Balaban J connectivity index is 1.36. The van der Waals surface area contributed by atoms with Gasteiger partial charge < -0.3 is 15.1 Å². The lowest BCUT2D eigenvalue weighted by Gasteiger charge is -2.18. The lowest BCUT2D eigenvalue weighted by molar-refractivity contribution is 0.0948. The maximum Gasteiger partial charge on any atom is 0.322 e. The van der Waals surface area contributed by atoms with Gasteiger partial charge in [0.15, 0.2) is 0 Å². The largest absolute Gasteiger partial charge is 0.467 e. The summed E-state index contributed by atoms with van der Waals surface area (Å²) in [5.41, 5.74) is 3.56. The summed E-state index contributed by atoms with van der Waals surface area (Å²) in [5.74, 6) is 0.830. The van der Waals surface area contributed by atoms with Gasteiger partial charge in [-0.15, -0.1) is 0 Å². The Labute approximate surface area is 169 Å². The monoisotopic (exact) mass is 389 g/mol. The molecule has 29 heavy (non-hydrogen) atoms.